The van der Waals surface area contributed by atoms with Gasteiger partial charge in [-0.05, 0) is 37.1 Å². The topological polar surface area (TPSA) is 66.4 Å². The molecule has 0 heterocycles. The van der Waals surface area contributed by atoms with Gasteiger partial charge in [-0.25, -0.2) is 4.39 Å². The second-order valence-corrected chi connectivity index (χ2v) is 5.99. The summed E-state index contributed by atoms with van der Waals surface area (Å²) in [6.07, 6.45) is 4.67. The molecule has 1 fully saturated rings. The third-order valence-electron chi connectivity index (χ3n) is 4.14. The summed E-state index contributed by atoms with van der Waals surface area (Å²) >= 11 is 0. The van der Waals surface area contributed by atoms with Crippen LogP contribution in [-0.4, -0.2) is 28.9 Å². The Morgan fingerprint density at radius 3 is 2.36 bits per heavy atom. The molecule has 0 radical (unpaired) electrons. The largest absolute Gasteiger partial charge is 0.388 e. The molecule has 1 aromatic rings. The van der Waals surface area contributed by atoms with Crippen molar-refractivity contribution in [1.82, 2.24) is 5.32 Å². The highest BCUT2D eigenvalue weighted by atomic mass is 19.1. The zero-order valence-corrected chi connectivity index (χ0v) is 12.6. The van der Waals surface area contributed by atoms with Crippen LogP contribution < -0.4 is 5.32 Å². The standard InChI is InChI=1S/C17H22FNO3/c18-14-6-4-13(5-7-14)15(20)8-9-16(21)19-12-17(22)10-2-1-3-11-17/h4-7,22H,1-3,8-12H2,(H,19,21). The number of amides is 1. The van der Waals surface area contributed by atoms with Crippen LogP contribution in [0.25, 0.3) is 0 Å². The number of rotatable bonds is 6. The van der Waals surface area contributed by atoms with Gasteiger partial charge in [0.15, 0.2) is 5.78 Å². The minimum Gasteiger partial charge on any atom is -0.388 e. The van der Waals surface area contributed by atoms with Gasteiger partial charge in [-0.3, -0.25) is 9.59 Å². The van der Waals surface area contributed by atoms with Crippen molar-refractivity contribution in [3.05, 3.63) is 35.6 Å². The van der Waals surface area contributed by atoms with Crippen LogP contribution in [-0.2, 0) is 4.79 Å². The number of hydrogen-bond donors (Lipinski definition) is 2. The van der Waals surface area contributed by atoms with E-state index < -0.39 is 11.4 Å². The fraction of sp³-hybridized carbons (Fsp3) is 0.529. The fourth-order valence-corrected chi connectivity index (χ4v) is 2.75. The zero-order valence-electron chi connectivity index (χ0n) is 12.6. The van der Waals surface area contributed by atoms with Crippen LogP contribution in [0.5, 0.6) is 0 Å². The van der Waals surface area contributed by atoms with E-state index in [0.29, 0.717) is 18.4 Å². The highest BCUT2D eigenvalue weighted by Gasteiger charge is 2.29. The highest BCUT2D eigenvalue weighted by Crippen LogP contribution is 2.27. The maximum Gasteiger partial charge on any atom is 0.220 e. The van der Waals surface area contributed by atoms with Crippen LogP contribution in [0.1, 0.15) is 55.3 Å². The summed E-state index contributed by atoms with van der Waals surface area (Å²) < 4.78 is 12.8. The number of halogens is 1. The van der Waals surface area contributed by atoms with E-state index in [1.165, 1.54) is 24.3 Å². The first-order valence-electron chi connectivity index (χ1n) is 7.76. The number of carbonyl (C=O) groups excluding carboxylic acids is 2. The van der Waals surface area contributed by atoms with Crippen LogP contribution in [0.4, 0.5) is 4.39 Å². The Labute approximate surface area is 129 Å². The SMILES string of the molecule is O=C(CCC(=O)c1ccc(F)cc1)NCC1(O)CCCCC1. The summed E-state index contributed by atoms with van der Waals surface area (Å²) in [7, 11) is 0. The molecule has 4 nitrogen and oxygen atoms in total. The zero-order chi connectivity index (χ0) is 16.0. The molecular weight excluding hydrogens is 285 g/mol. The first-order valence-corrected chi connectivity index (χ1v) is 7.76. The molecule has 0 aromatic heterocycles. The van der Waals surface area contributed by atoms with E-state index in [9.17, 15) is 19.1 Å². The molecule has 1 amide bonds. The lowest BCUT2D eigenvalue weighted by Crippen LogP contribution is -2.44. The quantitative estimate of drug-likeness (QED) is 0.794. The van der Waals surface area contributed by atoms with Crippen molar-refractivity contribution in [3.63, 3.8) is 0 Å². The van der Waals surface area contributed by atoms with Crippen molar-refractivity contribution in [2.75, 3.05) is 6.54 Å². The molecule has 1 aliphatic carbocycles. The number of hydrogen-bond acceptors (Lipinski definition) is 3. The molecule has 0 atom stereocenters. The third-order valence-corrected chi connectivity index (χ3v) is 4.14. The van der Waals surface area contributed by atoms with E-state index in [-0.39, 0.29) is 31.1 Å². The van der Waals surface area contributed by atoms with Crippen molar-refractivity contribution in [2.24, 2.45) is 0 Å². The van der Waals surface area contributed by atoms with Crippen LogP contribution in [0.15, 0.2) is 24.3 Å². The molecule has 5 heteroatoms. The van der Waals surface area contributed by atoms with E-state index in [2.05, 4.69) is 5.32 Å². The molecule has 0 aliphatic heterocycles. The summed E-state index contributed by atoms with van der Waals surface area (Å²) in [4.78, 5) is 23.7. The number of ketones is 1. The predicted molar refractivity (Wildman–Crippen MR) is 81.0 cm³/mol. The molecule has 0 bridgehead atoms. The molecular formula is C17H22FNO3. The van der Waals surface area contributed by atoms with Crippen molar-refractivity contribution in [3.8, 4) is 0 Å². The first-order chi connectivity index (χ1) is 10.5. The minimum atomic E-state index is -0.797. The van der Waals surface area contributed by atoms with Crippen LogP contribution in [0, 0.1) is 5.82 Å². The van der Waals surface area contributed by atoms with E-state index in [1.807, 2.05) is 0 Å². The molecule has 1 aromatic carbocycles. The van der Waals surface area contributed by atoms with Gasteiger partial charge in [-0.2, -0.15) is 0 Å². The van der Waals surface area contributed by atoms with Crippen LogP contribution in [0.3, 0.4) is 0 Å². The maximum atomic E-state index is 12.8. The van der Waals surface area contributed by atoms with Gasteiger partial charge < -0.3 is 10.4 Å². The van der Waals surface area contributed by atoms with E-state index >= 15 is 0 Å². The van der Waals surface area contributed by atoms with E-state index in [4.69, 9.17) is 0 Å². The van der Waals surface area contributed by atoms with Gasteiger partial charge in [0.1, 0.15) is 5.82 Å². The summed E-state index contributed by atoms with van der Waals surface area (Å²) in [6.45, 7) is 0.247. The summed E-state index contributed by atoms with van der Waals surface area (Å²) in [5.41, 5.74) is -0.394. The van der Waals surface area contributed by atoms with Crippen LogP contribution in [0.2, 0.25) is 0 Å². The van der Waals surface area contributed by atoms with Gasteiger partial charge in [0.25, 0.3) is 0 Å². The first kappa shape index (κ1) is 16.6. The number of carbonyl (C=O) groups is 2. The van der Waals surface area contributed by atoms with Crippen molar-refractivity contribution >= 4 is 11.7 Å². The molecule has 0 spiro atoms. The van der Waals surface area contributed by atoms with E-state index in [1.54, 1.807) is 0 Å². The normalized spacial score (nSPS) is 17.0. The molecule has 2 N–H and O–H groups in total. The Morgan fingerprint density at radius 2 is 1.73 bits per heavy atom. The monoisotopic (exact) mass is 307 g/mol. The Hall–Kier alpha value is -1.75. The Bertz CT molecular complexity index is 521. The molecule has 1 saturated carbocycles. The summed E-state index contributed by atoms with van der Waals surface area (Å²) in [5, 5.41) is 13.0. The van der Waals surface area contributed by atoms with Crippen LogP contribution >= 0.6 is 0 Å². The second kappa shape index (κ2) is 7.49. The average Bonchev–Trinajstić information content (AvgIpc) is 2.52. The number of aliphatic hydroxyl groups is 1. The van der Waals surface area contributed by atoms with Gasteiger partial charge in [-0.1, -0.05) is 19.3 Å². The molecule has 2 rings (SSSR count). The maximum absolute atomic E-state index is 12.8. The lowest BCUT2D eigenvalue weighted by molar-refractivity contribution is -0.122. The van der Waals surface area contributed by atoms with Gasteiger partial charge >= 0.3 is 0 Å². The number of nitrogens with one attached hydrogen (secondary N) is 1. The lowest BCUT2D eigenvalue weighted by Gasteiger charge is -2.32. The second-order valence-electron chi connectivity index (χ2n) is 5.99. The third kappa shape index (κ3) is 4.91. The summed E-state index contributed by atoms with van der Waals surface area (Å²) in [5.74, 6) is -0.823. The fourth-order valence-electron chi connectivity index (χ4n) is 2.75. The van der Waals surface area contributed by atoms with Crippen molar-refractivity contribution in [1.29, 1.82) is 0 Å². The average molecular weight is 307 g/mol. The lowest BCUT2D eigenvalue weighted by atomic mass is 9.85. The Balaban J connectivity index is 1.73. The number of Topliss-reactive ketones (excluding diaryl/α,β-unsaturated/α-hetero) is 1. The van der Waals surface area contributed by atoms with Gasteiger partial charge in [-0.15, -0.1) is 0 Å². The van der Waals surface area contributed by atoms with Crippen molar-refractivity contribution < 1.29 is 19.1 Å². The van der Waals surface area contributed by atoms with Crippen molar-refractivity contribution in [2.45, 2.75) is 50.5 Å². The Morgan fingerprint density at radius 1 is 1.09 bits per heavy atom. The highest BCUT2D eigenvalue weighted by molar-refractivity contribution is 5.97. The predicted octanol–water partition coefficient (Wildman–Crippen LogP) is 2.60. The van der Waals surface area contributed by atoms with E-state index in [0.717, 1.165) is 19.3 Å². The minimum absolute atomic E-state index is 0.0757. The smallest absolute Gasteiger partial charge is 0.220 e. The Kier molecular flexibility index (Phi) is 5.66. The van der Waals surface area contributed by atoms with Gasteiger partial charge in [0, 0.05) is 24.9 Å². The number of benzene rings is 1. The molecule has 1 aliphatic rings. The molecule has 0 saturated heterocycles. The molecule has 120 valence electrons. The van der Waals surface area contributed by atoms with Gasteiger partial charge in [0.2, 0.25) is 5.91 Å². The molecule has 22 heavy (non-hydrogen) atoms. The van der Waals surface area contributed by atoms with Gasteiger partial charge in [0.05, 0.1) is 5.60 Å². The molecule has 0 unspecified atom stereocenters. The summed E-state index contributed by atoms with van der Waals surface area (Å²) in [6, 6.07) is 5.29.